The molecule has 0 aliphatic carbocycles. The Kier molecular flexibility index (Phi) is 5.05. The Morgan fingerprint density at radius 1 is 1.26 bits per heavy atom. The van der Waals surface area contributed by atoms with E-state index >= 15 is 0 Å². The van der Waals surface area contributed by atoms with Crippen molar-refractivity contribution in [2.45, 2.75) is 38.6 Å². The van der Waals surface area contributed by atoms with Crippen LogP contribution in [0.3, 0.4) is 0 Å². The molecule has 140 valence electrons. The number of hydrogen-bond acceptors (Lipinski definition) is 4. The van der Waals surface area contributed by atoms with Gasteiger partial charge in [-0.15, -0.1) is 0 Å². The molecule has 27 heavy (non-hydrogen) atoms. The van der Waals surface area contributed by atoms with E-state index in [0.29, 0.717) is 6.54 Å². The lowest BCUT2D eigenvalue weighted by Crippen LogP contribution is -2.41. The van der Waals surface area contributed by atoms with Gasteiger partial charge >= 0.3 is 0 Å². The molecule has 0 bridgehead atoms. The predicted octanol–water partition coefficient (Wildman–Crippen LogP) is 3.18. The van der Waals surface area contributed by atoms with Gasteiger partial charge in [-0.25, -0.2) is 4.98 Å². The highest BCUT2D eigenvalue weighted by molar-refractivity contribution is 5.76. The third kappa shape index (κ3) is 4.27. The van der Waals surface area contributed by atoms with Crippen molar-refractivity contribution in [2.24, 2.45) is 0 Å². The summed E-state index contributed by atoms with van der Waals surface area (Å²) in [5, 5.41) is 4.21. The van der Waals surface area contributed by atoms with E-state index in [1.165, 1.54) is 5.56 Å². The van der Waals surface area contributed by atoms with Crippen LogP contribution in [0.25, 0.3) is 0 Å². The van der Waals surface area contributed by atoms with Crippen LogP contribution in [0, 0.1) is 6.92 Å². The van der Waals surface area contributed by atoms with E-state index in [0.717, 1.165) is 43.0 Å². The van der Waals surface area contributed by atoms with Gasteiger partial charge in [-0.3, -0.25) is 9.48 Å². The monoisotopic (exact) mass is 364 g/mol. The first-order valence-electron chi connectivity index (χ1n) is 9.43. The fraction of sp³-hybridized carbons (Fsp3) is 0.381. The molecule has 2 aromatic heterocycles. The first-order valence-corrected chi connectivity index (χ1v) is 9.43. The molecule has 4 rings (SSSR count). The van der Waals surface area contributed by atoms with Crippen molar-refractivity contribution in [3.05, 3.63) is 71.7 Å². The van der Waals surface area contributed by atoms with Crippen molar-refractivity contribution >= 4 is 5.91 Å². The van der Waals surface area contributed by atoms with Crippen LogP contribution in [0.15, 0.2) is 53.3 Å². The molecule has 1 amide bonds. The highest BCUT2D eigenvalue weighted by Crippen LogP contribution is 2.27. The molecule has 1 aromatic carbocycles. The Morgan fingerprint density at radius 3 is 2.89 bits per heavy atom. The summed E-state index contributed by atoms with van der Waals surface area (Å²) in [4.78, 5) is 19.0. The molecule has 0 saturated carbocycles. The second kappa shape index (κ2) is 7.78. The Bertz CT molecular complexity index is 900. The molecule has 1 fully saturated rings. The van der Waals surface area contributed by atoms with Crippen molar-refractivity contribution in [1.82, 2.24) is 19.7 Å². The van der Waals surface area contributed by atoms with Gasteiger partial charge in [0, 0.05) is 25.7 Å². The summed E-state index contributed by atoms with van der Waals surface area (Å²) in [7, 11) is 0. The average molecular weight is 364 g/mol. The zero-order valence-corrected chi connectivity index (χ0v) is 15.5. The van der Waals surface area contributed by atoms with E-state index in [-0.39, 0.29) is 18.4 Å². The number of carbonyl (C=O) groups is 1. The summed E-state index contributed by atoms with van der Waals surface area (Å²) < 4.78 is 7.71. The van der Waals surface area contributed by atoms with E-state index in [1.807, 2.05) is 42.4 Å². The summed E-state index contributed by atoms with van der Waals surface area (Å²) >= 11 is 0. The van der Waals surface area contributed by atoms with Crippen LogP contribution >= 0.6 is 0 Å². The number of oxazole rings is 1. The van der Waals surface area contributed by atoms with Crippen LogP contribution in [0.1, 0.15) is 41.5 Å². The number of carbonyl (C=O) groups excluding carboxylic acids is 1. The number of likely N-dealkylation sites (tertiary alicyclic amines) is 1. The van der Waals surface area contributed by atoms with E-state index in [1.54, 1.807) is 10.9 Å². The normalized spacial score (nSPS) is 17.2. The molecule has 1 saturated heterocycles. The molecule has 0 spiro atoms. The van der Waals surface area contributed by atoms with Gasteiger partial charge in [0.2, 0.25) is 5.91 Å². The van der Waals surface area contributed by atoms with Gasteiger partial charge < -0.3 is 9.32 Å². The van der Waals surface area contributed by atoms with Crippen LogP contribution < -0.4 is 0 Å². The van der Waals surface area contributed by atoms with Gasteiger partial charge in [-0.1, -0.05) is 30.3 Å². The van der Waals surface area contributed by atoms with Crippen molar-refractivity contribution in [3.63, 3.8) is 0 Å². The van der Waals surface area contributed by atoms with Crippen molar-refractivity contribution in [3.8, 4) is 0 Å². The number of rotatable bonds is 5. The molecule has 3 aromatic rings. The predicted molar refractivity (Wildman–Crippen MR) is 101 cm³/mol. The summed E-state index contributed by atoms with van der Waals surface area (Å²) in [5.41, 5.74) is 2.26. The van der Waals surface area contributed by atoms with E-state index in [2.05, 4.69) is 22.2 Å². The minimum absolute atomic E-state index is 0.0962. The molecule has 1 aliphatic rings. The fourth-order valence-electron chi connectivity index (χ4n) is 3.59. The molecule has 3 heterocycles. The largest absolute Gasteiger partial charge is 0.445 e. The van der Waals surface area contributed by atoms with Gasteiger partial charge in [-0.05, 0) is 30.9 Å². The third-order valence-corrected chi connectivity index (χ3v) is 4.98. The number of hydrogen-bond donors (Lipinski definition) is 0. The van der Waals surface area contributed by atoms with Gasteiger partial charge in [0.05, 0.1) is 18.3 Å². The number of benzene rings is 1. The number of piperidine rings is 1. The molecule has 1 atom stereocenters. The standard InChI is InChI=1S/C21H24N4O2/c1-16-11-23-25(13-16)15-20(26)24-9-5-8-18(14-24)21-22-12-19(27-21)10-17-6-3-2-4-7-17/h2-4,6-7,11-13,18H,5,8-10,14-15H2,1H3. The fourth-order valence-corrected chi connectivity index (χ4v) is 3.59. The third-order valence-electron chi connectivity index (χ3n) is 4.98. The minimum atomic E-state index is 0.0962. The van der Waals surface area contributed by atoms with E-state index < -0.39 is 0 Å². The van der Waals surface area contributed by atoms with E-state index in [4.69, 9.17) is 4.42 Å². The SMILES string of the molecule is Cc1cnn(CC(=O)N2CCCC(c3ncc(Cc4ccccc4)o3)C2)c1. The Hall–Kier alpha value is -2.89. The van der Waals surface area contributed by atoms with Crippen molar-refractivity contribution < 1.29 is 9.21 Å². The number of aryl methyl sites for hydroxylation is 1. The molecule has 6 nitrogen and oxygen atoms in total. The van der Waals surface area contributed by atoms with Crippen LogP contribution in [0.5, 0.6) is 0 Å². The minimum Gasteiger partial charge on any atom is -0.445 e. The zero-order valence-electron chi connectivity index (χ0n) is 15.5. The second-order valence-electron chi connectivity index (χ2n) is 7.22. The van der Waals surface area contributed by atoms with Crippen LogP contribution in [0.2, 0.25) is 0 Å². The van der Waals surface area contributed by atoms with Crippen LogP contribution in [-0.2, 0) is 17.8 Å². The molecule has 0 N–H and O–H groups in total. The lowest BCUT2D eigenvalue weighted by Gasteiger charge is -2.31. The molecule has 1 aliphatic heterocycles. The van der Waals surface area contributed by atoms with Crippen LogP contribution in [-0.4, -0.2) is 38.7 Å². The number of nitrogens with zero attached hydrogens (tertiary/aromatic N) is 4. The Labute approximate surface area is 158 Å². The first-order chi connectivity index (χ1) is 13.2. The summed E-state index contributed by atoms with van der Waals surface area (Å²) in [6.07, 6.45) is 8.18. The lowest BCUT2D eigenvalue weighted by molar-refractivity contribution is -0.133. The van der Waals surface area contributed by atoms with E-state index in [9.17, 15) is 4.79 Å². The Morgan fingerprint density at radius 2 is 2.11 bits per heavy atom. The Balaban J connectivity index is 1.38. The molecule has 6 heteroatoms. The first kappa shape index (κ1) is 17.5. The zero-order chi connectivity index (χ0) is 18.6. The van der Waals surface area contributed by atoms with Gasteiger partial charge in [0.15, 0.2) is 5.89 Å². The van der Waals surface area contributed by atoms with Crippen molar-refractivity contribution in [2.75, 3.05) is 13.1 Å². The topological polar surface area (TPSA) is 64.2 Å². The van der Waals surface area contributed by atoms with Gasteiger partial charge in [-0.2, -0.15) is 5.10 Å². The number of aromatic nitrogens is 3. The van der Waals surface area contributed by atoms with Crippen LogP contribution in [0.4, 0.5) is 0 Å². The second-order valence-corrected chi connectivity index (χ2v) is 7.22. The lowest BCUT2D eigenvalue weighted by atomic mass is 9.98. The number of amides is 1. The van der Waals surface area contributed by atoms with Gasteiger partial charge in [0.1, 0.15) is 12.3 Å². The summed E-state index contributed by atoms with van der Waals surface area (Å²) in [6.45, 7) is 3.70. The van der Waals surface area contributed by atoms with Gasteiger partial charge in [0.25, 0.3) is 0 Å². The quantitative estimate of drug-likeness (QED) is 0.697. The highest BCUT2D eigenvalue weighted by Gasteiger charge is 2.28. The van der Waals surface area contributed by atoms with Crippen molar-refractivity contribution in [1.29, 1.82) is 0 Å². The molecule has 1 unspecified atom stereocenters. The maximum Gasteiger partial charge on any atom is 0.244 e. The highest BCUT2D eigenvalue weighted by atomic mass is 16.4. The maximum atomic E-state index is 12.6. The molecular weight excluding hydrogens is 340 g/mol. The molecule has 0 radical (unpaired) electrons. The summed E-state index contributed by atoms with van der Waals surface area (Å²) in [6, 6.07) is 10.2. The smallest absolute Gasteiger partial charge is 0.244 e. The maximum absolute atomic E-state index is 12.6. The average Bonchev–Trinajstić information content (AvgIpc) is 3.32. The summed E-state index contributed by atoms with van der Waals surface area (Å²) in [5.74, 6) is 1.87. The molecular formula is C21H24N4O2.